The van der Waals surface area contributed by atoms with Gasteiger partial charge < -0.3 is 9.29 Å². The molecule has 0 spiro atoms. The van der Waals surface area contributed by atoms with Crippen molar-refractivity contribution in [2.24, 2.45) is 0 Å². The van der Waals surface area contributed by atoms with Crippen molar-refractivity contribution in [3.63, 3.8) is 0 Å². The predicted octanol–water partition coefficient (Wildman–Crippen LogP) is 1.33. The van der Waals surface area contributed by atoms with Crippen molar-refractivity contribution in [2.75, 3.05) is 16.7 Å². The Hall–Kier alpha value is -2.59. The molecule has 0 saturated carbocycles. The fourth-order valence-electron chi connectivity index (χ4n) is 1.70. The van der Waals surface area contributed by atoms with Crippen molar-refractivity contribution < 1.29 is 18.3 Å². The molecule has 0 saturated heterocycles. The number of rotatable bonds is 4. The Morgan fingerprint density at radius 1 is 1.22 bits per heavy atom. The van der Waals surface area contributed by atoms with Gasteiger partial charge >= 0.3 is 12.0 Å². The minimum absolute atomic E-state index is 0.0120. The minimum Gasteiger partial charge on any atom is -0.755 e. The van der Waals surface area contributed by atoms with Crippen LogP contribution in [0.4, 0.5) is 16.4 Å². The van der Waals surface area contributed by atoms with Crippen molar-refractivity contribution in [1.29, 1.82) is 0 Å². The molecule has 9 nitrogen and oxygen atoms in total. The molecule has 122 valence electrons. The van der Waals surface area contributed by atoms with E-state index in [0.717, 1.165) is 5.56 Å². The number of methoxy groups -OCH3 is 1. The number of nitrogens with zero attached hydrogens (tertiary/aromatic N) is 4. The molecule has 1 aromatic heterocycles. The van der Waals surface area contributed by atoms with Crippen LogP contribution < -0.4 is 14.4 Å². The molecule has 0 bridgehead atoms. The predicted molar refractivity (Wildman–Crippen MR) is 82.7 cm³/mol. The van der Waals surface area contributed by atoms with E-state index >= 15 is 0 Å². The number of hydrogen-bond acceptors (Lipinski definition) is 7. The Morgan fingerprint density at radius 3 is 2.43 bits per heavy atom. The quantitative estimate of drug-likeness (QED) is 0.836. The Kier molecular flexibility index (Phi) is 5.19. The van der Waals surface area contributed by atoms with Gasteiger partial charge in [-0.1, -0.05) is 17.7 Å². The molecular formula is C13H14N5O4S-. The zero-order valence-corrected chi connectivity index (χ0v) is 13.5. The first-order valence-electron chi connectivity index (χ1n) is 6.44. The smallest absolute Gasteiger partial charge is 0.340 e. The number of carbonyl (C=O) groups is 1. The number of ether oxygens (including phenoxy) is 1. The first-order valence-corrected chi connectivity index (χ1v) is 7.47. The number of benzene rings is 1. The topological polar surface area (TPSA) is 120 Å². The van der Waals surface area contributed by atoms with Crippen molar-refractivity contribution >= 4 is 28.9 Å². The Balaban J connectivity index is 2.27. The fraction of sp³-hybridized carbons (Fsp3) is 0.231. The number of urea groups is 1. The molecule has 23 heavy (non-hydrogen) atoms. The summed E-state index contributed by atoms with van der Waals surface area (Å²) in [5.74, 6) is 0.208. The van der Waals surface area contributed by atoms with E-state index in [9.17, 15) is 13.6 Å². The SMILES string of the molecule is COc1nc(C)nc(NC(=O)N(c2ccc(C)cc2)S(=O)[O-])n1. The zero-order chi connectivity index (χ0) is 17.0. The standard InChI is InChI=1S/C13H15N5O4S/c1-8-4-6-10(7-5-8)18(23(20)21)13(19)17-11-14-9(2)15-12(16-11)22-3/h4-7H,1-3H3,(H,20,21)(H,14,15,16,17,19)/p-1. The second-order valence-corrected chi connectivity index (χ2v) is 5.27. The summed E-state index contributed by atoms with van der Waals surface area (Å²) in [6.07, 6.45) is 0. The van der Waals surface area contributed by atoms with Gasteiger partial charge in [0, 0.05) is 0 Å². The van der Waals surface area contributed by atoms with E-state index < -0.39 is 17.3 Å². The van der Waals surface area contributed by atoms with Crippen molar-refractivity contribution in [2.45, 2.75) is 13.8 Å². The van der Waals surface area contributed by atoms with Gasteiger partial charge in [0.2, 0.25) is 5.95 Å². The summed E-state index contributed by atoms with van der Waals surface area (Å²) in [6.45, 7) is 3.44. The van der Waals surface area contributed by atoms with Gasteiger partial charge in [-0.25, -0.2) is 9.10 Å². The second kappa shape index (κ2) is 7.11. The van der Waals surface area contributed by atoms with Crippen LogP contribution in [0.3, 0.4) is 0 Å². The number of anilines is 2. The van der Waals surface area contributed by atoms with Crippen molar-refractivity contribution in [1.82, 2.24) is 15.0 Å². The van der Waals surface area contributed by atoms with Crippen LogP contribution in [0.25, 0.3) is 0 Å². The molecule has 1 N–H and O–H groups in total. The van der Waals surface area contributed by atoms with Crippen LogP contribution in [0.2, 0.25) is 0 Å². The highest BCUT2D eigenvalue weighted by Gasteiger charge is 2.18. The van der Waals surface area contributed by atoms with Gasteiger partial charge in [-0.3, -0.25) is 9.53 Å². The zero-order valence-electron chi connectivity index (χ0n) is 12.6. The van der Waals surface area contributed by atoms with Gasteiger partial charge in [-0.05, 0) is 26.0 Å². The summed E-state index contributed by atoms with van der Waals surface area (Å²) in [4.78, 5) is 23.9. The summed E-state index contributed by atoms with van der Waals surface area (Å²) in [5, 5.41) is 2.30. The average Bonchev–Trinajstić information content (AvgIpc) is 2.48. The Bertz CT molecular complexity index is 738. The van der Waals surface area contributed by atoms with Crippen LogP contribution in [0.15, 0.2) is 24.3 Å². The largest absolute Gasteiger partial charge is 0.755 e. The van der Waals surface area contributed by atoms with E-state index in [1.165, 1.54) is 19.2 Å². The molecule has 0 aliphatic carbocycles. The number of aryl methyl sites for hydroxylation is 2. The number of aromatic nitrogens is 3. The van der Waals surface area contributed by atoms with E-state index in [2.05, 4.69) is 20.3 Å². The molecular weight excluding hydrogens is 322 g/mol. The molecule has 1 unspecified atom stereocenters. The molecule has 10 heteroatoms. The highest BCUT2D eigenvalue weighted by Crippen LogP contribution is 2.18. The summed E-state index contributed by atoms with van der Waals surface area (Å²) in [6, 6.07) is 5.51. The molecule has 1 aromatic carbocycles. The summed E-state index contributed by atoms with van der Waals surface area (Å²) in [7, 11) is 1.37. The van der Waals surface area contributed by atoms with Gasteiger partial charge in [0.15, 0.2) is 0 Å². The minimum atomic E-state index is -2.81. The number of carbonyl (C=O) groups excluding carboxylic acids is 1. The third-order valence-corrected chi connectivity index (χ3v) is 3.40. The molecule has 2 amide bonds. The van der Waals surface area contributed by atoms with E-state index in [-0.39, 0.29) is 17.6 Å². The van der Waals surface area contributed by atoms with E-state index in [0.29, 0.717) is 10.1 Å². The van der Waals surface area contributed by atoms with Gasteiger partial charge in [0.05, 0.1) is 24.1 Å². The lowest BCUT2D eigenvalue weighted by atomic mass is 10.2. The maximum atomic E-state index is 12.2. The Morgan fingerprint density at radius 2 is 1.87 bits per heavy atom. The van der Waals surface area contributed by atoms with Gasteiger partial charge in [-0.2, -0.15) is 15.0 Å². The average molecular weight is 336 g/mol. The molecule has 0 aliphatic rings. The first-order chi connectivity index (χ1) is 10.9. The molecule has 1 heterocycles. The van der Waals surface area contributed by atoms with E-state index in [1.807, 2.05) is 6.92 Å². The van der Waals surface area contributed by atoms with Crippen LogP contribution in [-0.2, 0) is 11.3 Å². The molecule has 0 radical (unpaired) electrons. The van der Waals surface area contributed by atoms with Crippen LogP contribution in [0.1, 0.15) is 11.4 Å². The second-order valence-electron chi connectivity index (χ2n) is 4.47. The lowest BCUT2D eigenvalue weighted by Gasteiger charge is -2.24. The third-order valence-electron chi connectivity index (χ3n) is 2.73. The van der Waals surface area contributed by atoms with E-state index in [4.69, 9.17) is 4.74 Å². The number of nitrogens with one attached hydrogen (secondary N) is 1. The normalized spacial score (nSPS) is 11.7. The monoisotopic (exact) mass is 336 g/mol. The van der Waals surface area contributed by atoms with Crippen LogP contribution in [-0.4, -0.2) is 36.9 Å². The maximum absolute atomic E-state index is 12.2. The van der Waals surface area contributed by atoms with Crippen molar-refractivity contribution in [3.8, 4) is 6.01 Å². The highest BCUT2D eigenvalue weighted by molar-refractivity contribution is 7.81. The maximum Gasteiger partial charge on any atom is 0.340 e. The highest BCUT2D eigenvalue weighted by atomic mass is 32.2. The van der Waals surface area contributed by atoms with Crippen LogP contribution >= 0.6 is 0 Å². The van der Waals surface area contributed by atoms with E-state index in [1.54, 1.807) is 19.1 Å². The van der Waals surface area contributed by atoms with Gasteiger partial charge in [-0.15, -0.1) is 0 Å². The van der Waals surface area contributed by atoms with Gasteiger partial charge in [0.1, 0.15) is 5.82 Å². The molecule has 0 aliphatic heterocycles. The van der Waals surface area contributed by atoms with Gasteiger partial charge in [0.25, 0.3) is 0 Å². The van der Waals surface area contributed by atoms with Crippen LogP contribution in [0.5, 0.6) is 6.01 Å². The number of hydrogen-bond donors (Lipinski definition) is 1. The fourth-order valence-corrected chi connectivity index (χ4v) is 2.18. The van der Waals surface area contributed by atoms with Crippen molar-refractivity contribution in [3.05, 3.63) is 35.7 Å². The summed E-state index contributed by atoms with van der Waals surface area (Å²) >= 11 is -2.81. The third kappa shape index (κ3) is 4.20. The first kappa shape index (κ1) is 16.8. The molecule has 0 fully saturated rings. The Labute approximate surface area is 135 Å². The summed E-state index contributed by atoms with van der Waals surface area (Å²) < 4.78 is 28.2. The van der Waals surface area contributed by atoms with Crippen LogP contribution in [0, 0.1) is 13.8 Å². The lowest BCUT2D eigenvalue weighted by Crippen LogP contribution is -2.37. The molecule has 2 aromatic rings. The number of amides is 2. The lowest BCUT2D eigenvalue weighted by molar-refractivity contribution is 0.259. The summed E-state index contributed by atoms with van der Waals surface area (Å²) in [5.41, 5.74) is 1.13. The molecule has 1 atom stereocenters. The molecule has 2 rings (SSSR count).